The fourth-order valence-electron chi connectivity index (χ4n) is 2.84. The molecule has 1 fully saturated rings. The Hall–Kier alpha value is -1.56. The van der Waals surface area contributed by atoms with Crippen molar-refractivity contribution in [3.63, 3.8) is 0 Å². The lowest BCUT2D eigenvalue weighted by atomic mass is 9.99. The van der Waals surface area contributed by atoms with E-state index in [1.54, 1.807) is 19.1 Å². The molecule has 0 saturated carbocycles. The molecule has 5 nitrogen and oxygen atoms in total. The number of rotatable bonds is 5. The van der Waals surface area contributed by atoms with Crippen LogP contribution in [0.15, 0.2) is 18.2 Å². The summed E-state index contributed by atoms with van der Waals surface area (Å²) in [6.07, 6.45) is 0.739. The number of methoxy groups -OCH3 is 1. The van der Waals surface area contributed by atoms with E-state index in [4.69, 9.17) is 4.74 Å². The minimum absolute atomic E-state index is 0.0681. The predicted octanol–water partition coefficient (Wildman–Crippen LogP) is 2.01. The average molecular weight is 339 g/mol. The van der Waals surface area contributed by atoms with E-state index in [-0.39, 0.29) is 29.9 Å². The molecule has 23 heavy (non-hydrogen) atoms. The highest BCUT2D eigenvalue weighted by Crippen LogP contribution is 2.26. The Morgan fingerprint density at radius 1 is 1.39 bits per heavy atom. The lowest BCUT2D eigenvalue weighted by molar-refractivity contribution is -0.130. The van der Waals surface area contributed by atoms with Gasteiger partial charge in [0, 0.05) is 18.7 Å². The molecule has 128 valence electrons. The first-order valence-electron chi connectivity index (χ1n) is 7.86. The van der Waals surface area contributed by atoms with Crippen LogP contribution in [0.5, 0.6) is 5.75 Å². The maximum atomic E-state index is 12.5. The maximum Gasteiger partial charge on any atom is 0.227 e. The van der Waals surface area contributed by atoms with Gasteiger partial charge in [-0.1, -0.05) is 26.0 Å². The molecule has 1 atom stereocenters. The van der Waals surface area contributed by atoms with Gasteiger partial charge in [0.25, 0.3) is 0 Å². The van der Waals surface area contributed by atoms with Crippen molar-refractivity contribution in [2.24, 2.45) is 0 Å². The molecule has 6 heteroatoms. The monoisotopic (exact) mass is 339 g/mol. The van der Waals surface area contributed by atoms with Gasteiger partial charge in [-0.2, -0.15) is 0 Å². The number of amides is 1. The van der Waals surface area contributed by atoms with Gasteiger partial charge in [-0.3, -0.25) is 4.79 Å². The Labute approximate surface area is 138 Å². The number of sulfone groups is 1. The summed E-state index contributed by atoms with van der Waals surface area (Å²) >= 11 is 0. The molecule has 1 aliphatic heterocycles. The molecule has 0 aliphatic carbocycles. The highest BCUT2D eigenvalue weighted by Gasteiger charge is 2.32. The average Bonchev–Trinajstić information content (AvgIpc) is 2.86. The van der Waals surface area contributed by atoms with Crippen LogP contribution in [0.4, 0.5) is 0 Å². The topological polar surface area (TPSA) is 63.7 Å². The van der Waals surface area contributed by atoms with Crippen molar-refractivity contribution >= 4 is 15.7 Å². The van der Waals surface area contributed by atoms with Crippen LogP contribution in [0.25, 0.3) is 0 Å². The SMILES string of the molecule is COc1cc(C(C)C)ccc1CC(=O)N(C)C1CCS(=O)(=O)C1. The molecule has 1 aliphatic rings. The quantitative estimate of drug-likeness (QED) is 0.823. The summed E-state index contributed by atoms with van der Waals surface area (Å²) in [6, 6.07) is 5.68. The zero-order valence-electron chi connectivity index (χ0n) is 14.2. The summed E-state index contributed by atoms with van der Waals surface area (Å²) in [5.74, 6) is 1.25. The predicted molar refractivity (Wildman–Crippen MR) is 90.6 cm³/mol. The van der Waals surface area contributed by atoms with Gasteiger partial charge >= 0.3 is 0 Å². The van der Waals surface area contributed by atoms with Crippen molar-refractivity contribution in [1.82, 2.24) is 4.90 Å². The second-order valence-electron chi connectivity index (χ2n) is 6.46. The van der Waals surface area contributed by atoms with Crippen molar-refractivity contribution in [3.05, 3.63) is 29.3 Å². The van der Waals surface area contributed by atoms with Gasteiger partial charge < -0.3 is 9.64 Å². The molecule has 0 bridgehead atoms. The number of ether oxygens (including phenoxy) is 1. The number of nitrogens with zero attached hydrogens (tertiary/aromatic N) is 1. The molecular formula is C17H25NO4S. The van der Waals surface area contributed by atoms with Gasteiger partial charge in [0.05, 0.1) is 25.0 Å². The van der Waals surface area contributed by atoms with Crippen LogP contribution >= 0.6 is 0 Å². The third-order valence-electron chi connectivity index (χ3n) is 4.47. The van der Waals surface area contributed by atoms with Crippen molar-refractivity contribution in [2.75, 3.05) is 25.7 Å². The van der Waals surface area contributed by atoms with E-state index in [1.165, 1.54) is 0 Å². The van der Waals surface area contributed by atoms with Crippen LogP contribution < -0.4 is 4.74 Å². The van der Waals surface area contributed by atoms with Gasteiger partial charge in [0.15, 0.2) is 9.84 Å². The molecular weight excluding hydrogens is 314 g/mol. The Morgan fingerprint density at radius 2 is 2.09 bits per heavy atom. The van der Waals surface area contributed by atoms with E-state index in [0.717, 1.165) is 11.1 Å². The molecule has 0 aromatic heterocycles. The zero-order chi connectivity index (χ0) is 17.2. The fourth-order valence-corrected chi connectivity index (χ4v) is 4.61. The smallest absolute Gasteiger partial charge is 0.227 e. The normalized spacial score (nSPS) is 19.8. The molecule has 0 radical (unpaired) electrons. The van der Waals surface area contributed by atoms with Crippen LogP contribution in [-0.2, 0) is 21.1 Å². The van der Waals surface area contributed by atoms with Crippen LogP contribution in [0.3, 0.4) is 0 Å². The maximum absolute atomic E-state index is 12.5. The molecule has 1 amide bonds. The summed E-state index contributed by atoms with van der Waals surface area (Å²) in [4.78, 5) is 14.0. The molecule has 1 aromatic rings. The molecule has 1 unspecified atom stereocenters. The molecule has 1 heterocycles. The highest BCUT2D eigenvalue weighted by molar-refractivity contribution is 7.91. The van der Waals surface area contributed by atoms with E-state index >= 15 is 0 Å². The third kappa shape index (κ3) is 4.25. The van der Waals surface area contributed by atoms with Crippen LogP contribution in [0.1, 0.15) is 37.3 Å². The van der Waals surface area contributed by atoms with E-state index in [1.807, 2.05) is 18.2 Å². The second-order valence-corrected chi connectivity index (χ2v) is 8.69. The first-order chi connectivity index (χ1) is 10.7. The van der Waals surface area contributed by atoms with Crippen molar-refractivity contribution in [3.8, 4) is 5.75 Å². The fraction of sp³-hybridized carbons (Fsp3) is 0.588. The Balaban J connectivity index is 2.11. The zero-order valence-corrected chi connectivity index (χ0v) is 15.0. The molecule has 2 rings (SSSR count). The summed E-state index contributed by atoms with van der Waals surface area (Å²) in [6.45, 7) is 4.21. The van der Waals surface area contributed by atoms with E-state index in [0.29, 0.717) is 18.1 Å². The van der Waals surface area contributed by atoms with Gasteiger partial charge in [0.1, 0.15) is 5.75 Å². The minimum atomic E-state index is -2.99. The van der Waals surface area contributed by atoms with Crippen molar-refractivity contribution in [2.45, 2.75) is 38.6 Å². The van der Waals surface area contributed by atoms with Crippen molar-refractivity contribution in [1.29, 1.82) is 0 Å². The summed E-state index contributed by atoms with van der Waals surface area (Å²) in [7, 11) is 0.288. The number of hydrogen-bond acceptors (Lipinski definition) is 4. The standard InChI is InChI=1S/C17H25NO4S/c1-12(2)13-5-6-14(16(9-13)22-4)10-17(19)18(3)15-7-8-23(20,21)11-15/h5-6,9,12,15H,7-8,10-11H2,1-4H3. The van der Waals surface area contributed by atoms with Crippen molar-refractivity contribution < 1.29 is 17.9 Å². The summed E-state index contributed by atoms with van der Waals surface area (Å²) in [5, 5.41) is 0. The van der Waals surface area contributed by atoms with Crippen LogP contribution in [0, 0.1) is 0 Å². The number of carbonyl (C=O) groups excluding carboxylic acids is 1. The minimum Gasteiger partial charge on any atom is -0.496 e. The third-order valence-corrected chi connectivity index (χ3v) is 6.22. The highest BCUT2D eigenvalue weighted by atomic mass is 32.2. The Bertz CT molecular complexity index is 682. The van der Waals surface area contributed by atoms with Gasteiger partial charge in [-0.25, -0.2) is 8.42 Å². The lowest BCUT2D eigenvalue weighted by Gasteiger charge is -2.24. The largest absolute Gasteiger partial charge is 0.496 e. The number of likely N-dealkylation sites (N-methyl/N-ethyl adjacent to an activating group) is 1. The summed E-state index contributed by atoms with van der Waals surface area (Å²) < 4.78 is 28.5. The molecule has 0 spiro atoms. The van der Waals surface area contributed by atoms with E-state index < -0.39 is 9.84 Å². The molecule has 1 saturated heterocycles. The van der Waals surface area contributed by atoms with Gasteiger partial charge in [-0.05, 0) is 24.0 Å². The number of hydrogen-bond donors (Lipinski definition) is 0. The lowest BCUT2D eigenvalue weighted by Crippen LogP contribution is -2.38. The van der Waals surface area contributed by atoms with Gasteiger partial charge in [0.2, 0.25) is 5.91 Å². The van der Waals surface area contributed by atoms with Gasteiger partial charge in [-0.15, -0.1) is 0 Å². The Kier molecular flexibility index (Phi) is 5.34. The van der Waals surface area contributed by atoms with Crippen LogP contribution in [-0.4, -0.2) is 50.9 Å². The number of carbonyl (C=O) groups is 1. The summed E-state index contributed by atoms with van der Waals surface area (Å²) in [5.41, 5.74) is 1.99. The van der Waals surface area contributed by atoms with Crippen LogP contribution in [0.2, 0.25) is 0 Å². The first kappa shape index (κ1) is 17.8. The Morgan fingerprint density at radius 3 is 2.61 bits per heavy atom. The number of benzene rings is 1. The van der Waals surface area contributed by atoms with E-state index in [9.17, 15) is 13.2 Å². The van der Waals surface area contributed by atoms with E-state index in [2.05, 4.69) is 13.8 Å². The molecule has 0 N–H and O–H groups in total. The first-order valence-corrected chi connectivity index (χ1v) is 9.68. The second kappa shape index (κ2) is 6.91. The molecule has 1 aromatic carbocycles.